The van der Waals surface area contributed by atoms with Crippen molar-refractivity contribution in [3.63, 3.8) is 0 Å². The molecule has 2 rings (SSSR count). The molecule has 7 heteroatoms. The van der Waals surface area contributed by atoms with Crippen LogP contribution in [0.5, 0.6) is 0 Å². The van der Waals surface area contributed by atoms with Gasteiger partial charge in [-0.2, -0.15) is 0 Å². The van der Waals surface area contributed by atoms with Gasteiger partial charge in [-0.3, -0.25) is 4.79 Å². The molecule has 0 fully saturated rings. The number of carbonyl (C=O) groups excluding carboxylic acids is 1. The smallest absolute Gasteiger partial charge is 0.221 e. The van der Waals surface area contributed by atoms with E-state index in [1.165, 1.54) is 6.92 Å². The number of aryl methyl sites for hydroxylation is 1. The maximum atomic E-state index is 11.0. The fourth-order valence-corrected chi connectivity index (χ4v) is 2.12. The van der Waals surface area contributed by atoms with Gasteiger partial charge in [-0.1, -0.05) is 0 Å². The minimum absolute atomic E-state index is 0.0874. The van der Waals surface area contributed by atoms with E-state index in [1.54, 1.807) is 0 Å². The Kier molecular flexibility index (Phi) is 6.08. The van der Waals surface area contributed by atoms with Crippen LogP contribution >= 0.6 is 0 Å². The first-order valence-corrected chi connectivity index (χ1v) is 7.81. The normalized spacial score (nSPS) is 10.5. The summed E-state index contributed by atoms with van der Waals surface area (Å²) in [7, 11) is 4.06. The number of rotatable bonds is 7. The Bertz CT molecular complexity index is 684. The Morgan fingerprint density at radius 1 is 1.08 bits per heavy atom. The second kappa shape index (κ2) is 8.26. The third-order valence-corrected chi connectivity index (χ3v) is 3.18. The highest BCUT2D eigenvalue weighted by Crippen LogP contribution is 2.19. The van der Waals surface area contributed by atoms with Gasteiger partial charge in [-0.15, -0.1) is 0 Å². The van der Waals surface area contributed by atoms with Gasteiger partial charge in [0.1, 0.15) is 17.5 Å². The lowest BCUT2D eigenvalue weighted by molar-refractivity contribution is -0.114. The summed E-state index contributed by atoms with van der Waals surface area (Å²) in [6.07, 6.45) is 0. The number of hydrogen-bond donors (Lipinski definition) is 3. The molecule has 128 valence electrons. The monoisotopic (exact) mass is 328 g/mol. The minimum Gasteiger partial charge on any atom is -0.369 e. The molecule has 24 heavy (non-hydrogen) atoms. The summed E-state index contributed by atoms with van der Waals surface area (Å²) in [5, 5.41) is 9.28. The van der Waals surface area contributed by atoms with Crippen LogP contribution in [0, 0.1) is 6.92 Å². The van der Waals surface area contributed by atoms with Crippen molar-refractivity contribution in [1.29, 1.82) is 0 Å². The number of aromatic nitrogens is 2. The van der Waals surface area contributed by atoms with Crippen molar-refractivity contribution >= 4 is 28.9 Å². The number of nitrogens with one attached hydrogen (secondary N) is 3. The molecule has 2 aromatic rings. The second-order valence-corrected chi connectivity index (χ2v) is 5.80. The summed E-state index contributed by atoms with van der Waals surface area (Å²) in [6.45, 7) is 5.09. The lowest BCUT2D eigenvalue weighted by atomic mass is 10.2. The van der Waals surface area contributed by atoms with Gasteiger partial charge in [0.15, 0.2) is 0 Å². The number of carbonyl (C=O) groups is 1. The number of anilines is 4. The molecule has 7 nitrogen and oxygen atoms in total. The van der Waals surface area contributed by atoms with Crippen LogP contribution in [0.4, 0.5) is 23.0 Å². The molecule has 1 aromatic carbocycles. The topological polar surface area (TPSA) is 82.2 Å². The third-order valence-electron chi connectivity index (χ3n) is 3.18. The molecule has 0 saturated heterocycles. The largest absolute Gasteiger partial charge is 0.369 e. The number of nitrogens with zero attached hydrogens (tertiary/aromatic N) is 3. The van der Waals surface area contributed by atoms with Gasteiger partial charge in [0.2, 0.25) is 5.91 Å². The van der Waals surface area contributed by atoms with Crippen molar-refractivity contribution in [3.8, 4) is 0 Å². The zero-order chi connectivity index (χ0) is 17.5. The van der Waals surface area contributed by atoms with Crippen LogP contribution in [0.1, 0.15) is 12.7 Å². The molecule has 0 saturated carbocycles. The fraction of sp³-hybridized carbons (Fsp3) is 0.353. The highest BCUT2D eigenvalue weighted by Gasteiger charge is 2.03. The van der Waals surface area contributed by atoms with Gasteiger partial charge in [0.05, 0.1) is 0 Å². The quantitative estimate of drug-likeness (QED) is 0.724. The minimum atomic E-state index is -0.0874. The van der Waals surface area contributed by atoms with Crippen LogP contribution < -0.4 is 16.0 Å². The van der Waals surface area contributed by atoms with Crippen LogP contribution in [0.3, 0.4) is 0 Å². The molecule has 0 spiro atoms. The van der Waals surface area contributed by atoms with Crippen LogP contribution in [-0.4, -0.2) is 48.0 Å². The molecule has 0 atom stereocenters. The van der Waals surface area contributed by atoms with E-state index in [0.717, 1.165) is 36.1 Å². The standard InChI is InChI=1S/C17H24N6O/c1-12-19-16(18-9-10-23(3)4)11-17(20-12)22-15-7-5-14(6-8-15)21-13(2)24/h5-8,11H,9-10H2,1-4H3,(H,21,24)(H2,18,19,20,22). The van der Waals surface area contributed by atoms with E-state index < -0.39 is 0 Å². The molecule has 0 radical (unpaired) electrons. The van der Waals surface area contributed by atoms with Crippen LogP contribution in [0.2, 0.25) is 0 Å². The predicted octanol–water partition coefficient (Wildman–Crippen LogP) is 2.46. The fourth-order valence-electron chi connectivity index (χ4n) is 2.12. The SMILES string of the molecule is CC(=O)Nc1ccc(Nc2cc(NCCN(C)C)nc(C)n2)cc1. The first-order valence-electron chi connectivity index (χ1n) is 7.81. The molecule has 0 aliphatic rings. The Morgan fingerprint density at radius 2 is 1.71 bits per heavy atom. The van der Waals surface area contributed by atoms with Crippen molar-refractivity contribution in [2.75, 3.05) is 43.1 Å². The maximum absolute atomic E-state index is 11.0. The summed E-state index contributed by atoms with van der Waals surface area (Å²) in [6, 6.07) is 9.34. The van der Waals surface area contributed by atoms with Crippen molar-refractivity contribution in [1.82, 2.24) is 14.9 Å². The number of benzene rings is 1. The lowest BCUT2D eigenvalue weighted by Crippen LogP contribution is -2.21. The van der Waals surface area contributed by atoms with Gasteiger partial charge in [-0.25, -0.2) is 9.97 Å². The van der Waals surface area contributed by atoms with E-state index in [-0.39, 0.29) is 5.91 Å². The maximum Gasteiger partial charge on any atom is 0.221 e. The molecule has 1 heterocycles. The Balaban J connectivity index is 2.03. The van der Waals surface area contributed by atoms with Crippen molar-refractivity contribution in [2.24, 2.45) is 0 Å². The van der Waals surface area contributed by atoms with Crippen molar-refractivity contribution in [2.45, 2.75) is 13.8 Å². The van der Waals surface area contributed by atoms with Crippen LogP contribution in [0.25, 0.3) is 0 Å². The number of likely N-dealkylation sites (N-methyl/N-ethyl adjacent to an activating group) is 1. The van der Waals surface area contributed by atoms with Crippen molar-refractivity contribution < 1.29 is 4.79 Å². The van der Waals surface area contributed by atoms with Gasteiger partial charge in [0, 0.05) is 37.5 Å². The summed E-state index contributed by atoms with van der Waals surface area (Å²) in [5.41, 5.74) is 1.65. The highest BCUT2D eigenvalue weighted by molar-refractivity contribution is 5.88. The first kappa shape index (κ1) is 17.7. The Morgan fingerprint density at radius 3 is 2.33 bits per heavy atom. The van der Waals surface area contributed by atoms with Crippen LogP contribution in [0.15, 0.2) is 30.3 Å². The summed E-state index contributed by atoms with van der Waals surface area (Å²) >= 11 is 0. The number of hydrogen-bond acceptors (Lipinski definition) is 6. The van der Waals surface area contributed by atoms with Gasteiger partial charge in [0.25, 0.3) is 0 Å². The molecule has 1 amide bonds. The second-order valence-electron chi connectivity index (χ2n) is 5.80. The molecular weight excluding hydrogens is 304 g/mol. The first-order chi connectivity index (χ1) is 11.4. The molecule has 0 aliphatic heterocycles. The Labute approximate surface area is 142 Å². The van der Waals surface area contributed by atoms with Gasteiger partial charge < -0.3 is 20.9 Å². The van der Waals surface area contributed by atoms with E-state index in [0.29, 0.717) is 5.82 Å². The molecule has 3 N–H and O–H groups in total. The van der Waals surface area contributed by atoms with E-state index in [9.17, 15) is 4.79 Å². The van der Waals surface area contributed by atoms with Gasteiger partial charge >= 0.3 is 0 Å². The van der Waals surface area contributed by atoms with E-state index in [4.69, 9.17) is 0 Å². The summed E-state index contributed by atoms with van der Waals surface area (Å²) in [5.74, 6) is 2.13. The van der Waals surface area contributed by atoms with E-state index in [1.807, 2.05) is 51.4 Å². The van der Waals surface area contributed by atoms with E-state index >= 15 is 0 Å². The zero-order valence-corrected chi connectivity index (χ0v) is 14.6. The average molecular weight is 328 g/mol. The lowest BCUT2D eigenvalue weighted by Gasteiger charge is -2.13. The highest BCUT2D eigenvalue weighted by atomic mass is 16.1. The third kappa shape index (κ3) is 5.85. The average Bonchev–Trinajstić information content (AvgIpc) is 2.48. The summed E-state index contributed by atoms with van der Waals surface area (Å²) < 4.78 is 0. The van der Waals surface area contributed by atoms with Gasteiger partial charge in [-0.05, 0) is 45.3 Å². The molecule has 0 aliphatic carbocycles. The molecule has 1 aromatic heterocycles. The van der Waals surface area contributed by atoms with E-state index in [2.05, 4.69) is 30.8 Å². The predicted molar refractivity (Wildman–Crippen MR) is 97.8 cm³/mol. The number of amides is 1. The van der Waals surface area contributed by atoms with Crippen molar-refractivity contribution in [3.05, 3.63) is 36.2 Å². The zero-order valence-electron chi connectivity index (χ0n) is 14.6. The molecule has 0 unspecified atom stereocenters. The molecule has 0 bridgehead atoms. The summed E-state index contributed by atoms with van der Waals surface area (Å²) in [4.78, 5) is 21.9. The molecular formula is C17H24N6O. The van der Waals surface area contributed by atoms with Crippen LogP contribution in [-0.2, 0) is 4.79 Å². The Hall–Kier alpha value is -2.67.